The molecule has 138 valence electrons. The van der Waals surface area contributed by atoms with Crippen LogP contribution in [-0.4, -0.2) is 28.0 Å². The number of urea groups is 1. The largest absolute Gasteiger partial charge is 0.338 e. The first-order valence-electron chi connectivity index (χ1n) is 8.68. The highest BCUT2D eigenvalue weighted by Gasteiger charge is 2.15. The Morgan fingerprint density at radius 1 is 1.28 bits per heavy atom. The van der Waals surface area contributed by atoms with Gasteiger partial charge in [-0.15, -0.1) is 0 Å². The summed E-state index contributed by atoms with van der Waals surface area (Å²) in [4.78, 5) is 12.2. The molecule has 0 aliphatic heterocycles. The van der Waals surface area contributed by atoms with E-state index in [1.165, 1.54) is 31.5 Å². The van der Waals surface area contributed by atoms with E-state index in [-0.39, 0.29) is 17.0 Å². The van der Waals surface area contributed by atoms with Crippen LogP contribution in [0.4, 0.5) is 4.79 Å². The molecule has 1 atom stereocenters. The van der Waals surface area contributed by atoms with E-state index < -0.39 is 10.0 Å². The molecule has 1 aromatic carbocycles. The number of sulfonamides is 1. The van der Waals surface area contributed by atoms with Crippen LogP contribution < -0.4 is 15.4 Å². The van der Waals surface area contributed by atoms with E-state index in [4.69, 9.17) is 0 Å². The molecule has 0 heterocycles. The van der Waals surface area contributed by atoms with Crippen LogP contribution in [0.5, 0.6) is 0 Å². The quantitative estimate of drug-likeness (QED) is 0.649. The van der Waals surface area contributed by atoms with Gasteiger partial charge in [-0.25, -0.2) is 17.9 Å². The van der Waals surface area contributed by atoms with Gasteiger partial charge in [0.2, 0.25) is 10.0 Å². The zero-order valence-corrected chi connectivity index (χ0v) is 15.7. The van der Waals surface area contributed by atoms with Crippen molar-refractivity contribution >= 4 is 16.1 Å². The Bertz CT molecular complexity index is 729. The molecular weight excluding hydrogens is 338 g/mol. The second-order valence-corrected chi connectivity index (χ2v) is 8.15. The molecule has 0 radical (unpaired) electrons. The zero-order chi connectivity index (χ0) is 18.3. The minimum atomic E-state index is -3.49. The standard InChI is InChI=1S/C18H27N3O3S/c1-14(16-9-6-10-17(13-16)25(23,24)19-2)21-18(22)20-12-11-15-7-4-3-5-8-15/h6-7,9-10,13-14,19H,3-5,8,11-12H2,1-2H3,(H2,20,21,22). The Morgan fingerprint density at radius 2 is 2.08 bits per heavy atom. The van der Waals surface area contributed by atoms with Crippen LogP contribution >= 0.6 is 0 Å². The highest BCUT2D eigenvalue weighted by Crippen LogP contribution is 2.19. The number of amides is 2. The van der Waals surface area contributed by atoms with Crippen molar-refractivity contribution in [3.8, 4) is 0 Å². The first-order valence-corrected chi connectivity index (χ1v) is 10.2. The molecule has 7 heteroatoms. The summed E-state index contributed by atoms with van der Waals surface area (Å²) in [5.41, 5.74) is 2.16. The van der Waals surface area contributed by atoms with Crippen molar-refractivity contribution in [1.29, 1.82) is 0 Å². The van der Waals surface area contributed by atoms with Crippen LogP contribution in [0.1, 0.15) is 50.6 Å². The number of allylic oxidation sites excluding steroid dienone is 1. The molecule has 2 rings (SSSR count). The van der Waals surface area contributed by atoms with Crippen LogP contribution in [0.3, 0.4) is 0 Å². The topological polar surface area (TPSA) is 87.3 Å². The van der Waals surface area contributed by atoms with E-state index in [0.717, 1.165) is 24.8 Å². The van der Waals surface area contributed by atoms with Gasteiger partial charge in [0.15, 0.2) is 0 Å². The predicted molar refractivity (Wildman–Crippen MR) is 98.8 cm³/mol. The molecule has 0 aromatic heterocycles. The Balaban J connectivity index is 1.86. The molecule has 1 aromatic rings. The third-order valence-electron chi connectivity index (χ3n) is 4.40. The van der Waals surface area contributed by atoms with Gasteiger partial charge in [-0.3, -0.25) is 0 Å². The van der Waals surface area contributed by atoms with Crippen LogP contribution in [0.2, 0.25) is 0 Å². The Kier molecular flexibility index (Phi) is 7.01. The first kappa shape index (κ1) is 19.5. The summed E-state index contributed by atoms with van der Waals surface area (Å²) in [6.45, 7) is 2.44. The normalized spacial score (nSPS) is 16.0. The van der Waals surface area contributed by atoms with Crippen molar-refractivity contribution < 1.29 is 13.2 Å². The van der Waals surface area contributed by atoms with Gasteiger partial charge in [0, 0.05) is 6.54 Å². The zero-order valence-electron chi connectivity index (χ0n) is 14.8. The van der Waals surface area contributed by atoms with Gasteiger partial charge < -0.3 is 10.6 Å². The van der Waals surface area contributed by atoms with Crippen LogP contribution in [-0.2, 0) is 10.0 Å². The predicted octanol–water partition coefficient (Wildman–Crippen LogP) is 2.85. The lowest BCUT2D eigenvalue weighted by Crippen LogP contribution is -2.37. The maximum atomic E-state index is 12.0. The second kappa shape index (κ2) is 9.01. The van der Waals surface area contributed by atoms with Gasteiger partial charge in [0.25, 0.3) is 0 Å². The fraction of sp³-hybridized carbons (Fsp3) is 0.500. The van der Waals surface area contributed by atoms with Gasteiger partial charge in [-0.05, 0) is 63.8 Å². The Morgan fingerprint density at radius 3 is 2.76 bits per heavy atom. The average Bonchev–Trinajstić information content (AvgIpc) is 2.62. The maximum Gasteiger partial charge on any atom is 0.315 e. The van der Waals surface area contributed by atoms with Crippen LogP contribution in [0.15, 0.2) is 40.8 Å². The monoisotopic (exact) mass is 365 g/mol. The molecular formula is C18H27N3O3S. The average molecular weight is 365 g/mol. The molecule has 0 saturated heterocycles. The fourth-order valence-corrected chi connectivity index (χ4v) is 3.65. The van der Waals surface area contributed by atoms with Crippen molar-refractivity contribution in [3.63, 3.8) is 0 Å². The highest BCUT2D eigenvalue weighted by atomic mass is 32.2. The fourth-order valence-electron chi connectivity index (χ4n) is 2.87. The number of benzene rings is 1. The third-order valence-corrected chi connectivity index (χ3v) is 5.81. The molecule has 3 N–H and O–H groups in total. The highest BCUT2D eigenvalue weighted by molar-refractivity contribution is 7.89. The molecule has 0 spiro atoms. The first-order chi connectivity index (χ1) is 11.9. The summed E-state index contributed by atoms with van der Waals surface area (Å²) in [5, 5.41) is 5.71. The Labute approximate surface area is 150 Å². The van der Waals surface area contributed by atoms with Crippen molar-refractivity contribution in [2.24, 2.45) is 0 Å². The van der Waals surface area contributed by atoms with Gasteiger partial charge >= 0.3 is 6.03 Å². The SMILES string of the molecule is CNS(=O)(=O)c1cccc(C(C)NC(=O)NCCC2=CCCCC2)c1. The van der Waals surface area contributed by atoms with Gasteiger partial charge in [-0.2, -0.15) is 0 Å². The summed E-state index contributed by atoms with van der Waals surface area (Å²) in [5.74, 6) is 0. The van der Waals surface area contributed by atoms with E-state index in [0.29, 0.717) is 6.54 Å². The number of hydrogen-bond acceptors (Lipinski definition) is 3. The number of carbonyl (C=O) groups is 1. The molecule has 1 aliphatic carbocycles. The molecule has 0 saturated carbocycles. The summed E-state index contributed by atoms with van der Waals surface area (Å²) in [6, 6.07) is 6.04. The molecule has 2 amide bonds. The van der Waals surface area contributed by atoms with Crippen molar-refractivity contribution in [3.05, 3.63) is 41.5 Å². The molecule has 1 aliphatic rings. The van der Waals surface area contributed by atoms with E-state index >= 15 is 0 Å². The van der Waals surface area contributed by atoms with E-state index in [2.05, 4.69) is 21.4 Å². The lowest BCUT2D eigenvalue weighted by atomic mass is 9.97. The van der Waals surface area contributed by atoms with E-state index in [9.17, 15) is 13.2 Å². The number of hydrogen-bond donors (Lipinski definition) is 3. The lowest BCUT2D eigenvalue weighted by Gasteiger charge is -2.17. The minimum absolute atomic E-state index is 0.186. The third kappa shape index (κ3) is 5.86. The van der Waals surface area contributed by atoms with Gasteiger partial charge in [0.1, 0.15) is 0 Å². The molecule has 1 unspecified atom stereocenters. The van der Waals surface area contributed by atoms with Crippen molar-refractivity contribution in [2.75, 3.05) is 13.6 Å². The number of carbonyl (C=O) groups excluding carboxylic acids is 1. The number of rotatable bonds is 7. The summed E-state index contributed by atoms with van der Waals surface area (Å²) >= 11 is 0. The molecule has 0 fully saturated rings. The van der Waals surface area contributed by atoms with E-state index in [1.807, 2.05) is 6.92 Å². The van der Waals surface area contributed by atoms with Gasteiger partial charge in [-0.1, -0.05) is 23.8 Å². The number of nitrogens with one attached hydrogen (secondary N) is 3. The summed E-state index contributed by atoms with van der Waals surface area (Å²) in [6.07, 6.45) is 7.94. The Hall–Kier alpha value is -1.86. The van der Waals surface area contributed by atoms with E-state index in [1.54, 1.807) is 18.2 Å². The lowest BCUT2D eigenvalue weighted by molar-refractivity contribution is 0.238. The molecule has 25 heavy (non-hydrogen) atoms. The van der Waals surface area contributed by atoms with Crippen molar-refractivity contribution in [2.45, 2.75) is 50.0 Å². The van der Waals surface area contributed by atoms with Crippen LogP contribution in [0, 0.1) is 0 Å². The minimum Gasteiger partial charge on any atom is -0.338 e. The molecule has 0 bridgehead atoms. The van der Waals surface area contributed by atoms with Gasteiger partial charge in [0.05, 0.1) is 10.9 Å². The summed E-state index contributed by atoms with van der Waals surface area (Å²) < 4.78 is 26.0. The second-order valence-electron chi connectivity index (χ2n) is 6.26. The maximum absolute atomic E-state index is 12.0. The summed E-state index contributed by atoms with van der Waals surface area (Å²) in [7, 11) is -2.12. The van der Waals surface area contributed by atoms with Crippen LogP contribution in [0.25, 0.3) is 0 Å². The van der Waals surface area contributed by atoms with Crippen molar-refractivity contribution in [1.82, 2.24) is 15.4 Å². The smallest absolute Gasteiger partial charge is 0.315 e. The molecule has 6 nitrogen and oxygen atoms in total.